The standard InChI is InChI=1S/C44H55N5O7/c1-43(2,3)29-49(42(54)55)41(53)46-33(25-31-20-22-32(23-21-31)35-19-13-14-24-45-35)27-37(50)36(26-30-15-9-7-10-16-30)47-40(52)39(44(4,5)6)48-38(51)28-56-34-17-11-8-12-18-34/h7-24,33,36-37,39,50H,25-29H2,1-6H3,(H,46,53)(H,47,52)(H,48,51)(H,54,55). The number of pyridine rings is 1. The van der Waals surface area contributed by atoms with Gasteiger partial charge in [0.1, 0.15) is 11.8 Å². The zero-order valence-corrected chi connectivity index (χ0v) is 33.1. The molecule has 0 aliphatic rings. The average Bonchev–Trinajstić information content (AvgIpc) is 3.15. The quantitative estimate of drug-likeness (QED) is 0.0863. The maximum Gasteiger partial charge on any atom is 0.415 e. The molecule has 1 heterocycles. The second-order valence-corrected chi connectivity index (χ2v) is 16.3. The van der Waals surface area contributed by atoms with E-state index in [0.29, 0.717) is 5.75 Å². The molecule has 0 fully saturated rings. The van der Waals surface area contributed by atoms with Crippen LogP contribution in [0.15, 0.2) is 109 Å². The van der Waals surface area contributed by atoms with Crippen molar-refractivity contribution in [2.75, 3.05) is 13.2 Å². The number of amides is 5. The number of carboxylic acid groups (broad SMARTS) is 1. The first-order valence-electron chi connectivity index (χ1n) is 18.8. The summed E-state index contributed by atoms with van der Waals surface area (Å²) in [6.45, 7) is 10.6. The molecule has 12 nitrogen and oxygen atoms in total. The Labute approximate surface area is 329 Å². The van der Waals surface area contributed by atoms with E-state index in [-0.39, 0.29) is 32.4 Å². The minimum absolute atomic E-state index is 0.0358. The number of benzene rings is 3. The highest BCUT2D eigenvalue weighted by Crippen LogP contribution is 2.23. The molecule has 12 heteroatoms. The molecule has 5 N–H and O–H groups in total. The van der Waals surface area contributed by atoms with Crippen LogP contribution in [0.25, 0.3) is 11.3 Å². The van der Waals surface area contributed by atoms with Crippen molar-refractivity contribution in [2.45, 2.75) is 85.0 Å². The number of hydrogen-bond donors (Lipinski definition) is 5. The number of para-hydroxylation sites is 1. The van der Waals surface area contributed by atoms with Crippen LogP contribution in [0.3, 0.4) is 0 Å². The number of aliphatic hydroxyl groups excluding tert-OH is 1. The predicted molar refractivity (Wildman–Crippen MR) is 216 cm³/mol. The molecule has 0 spiro atoms. The molecule has 0 aliphatic carbocycles. The van der Waals surface area contributed by atoms with Gasteiger partial charge in [-0.25, -0.2) is 14.5 Å². The Hall–Kier alpha value is -5.75. The van der Waals surface area contributed by atoms with E-state index in [1.54, 1.807) is 30.5 Å². The van der Waals surface area contributed by atoms with Crippen LogP contribution in [0.4, 0.5) is 9.59 Å². The highest BCUT2D eigenvalue weighted by molar-refractivity contribution is 5.90. The third-order valence-corrected chi connectivity index (χ3v) is 9.00. The number of carbonyl (C=O) groups is 4. The van der Waals surface area contributed by atoms with Crippen LogP contribution < -0.4 is 20.7 Å². The number of nitrogens with one attached hydrogen (secondary N) is 3. The topological polar surface area (TPSA) is 170 Å². The Morgan fingerprint density at radius 1 is 0.750 bits per heavy atom. The van der Waals surface area contributed by atoms with Crippen molar-refractivity contribution >= 4 is 23.9 Å². The van der Waals surface area contributed by atoms with Crippen LogP contribution >= 0.6 is 0 Å². The van der Waals surface area contributed by atoms with E-state index in [1.807, 2.05) is 120 Å². The van der Waals surface area contributed by atoms with Gasteiger partial charge in [-0.05, 0) is 65.5 Å². The number of rotatable bonds is 16. The lowest BCUT2D eigenvalue weighted by Crippen LogP contribution is -2.58. The Bertz CT molecular complexity index is 1860. The second-order valence-electron chi connectivity index (χ2n) is 16.3. The molecule has 1 aromatic heterocycles. The first-order valence-corrected chi connectivity index (χ1v) is 18.8. The summed E-state index contributed by atoms with van der Waals surface area (Å²) < 4.78 is 5.61. The Morgan fingerprint density at radius 2 is 1.36 bits per heavy atom. The fourth-order valence-corrected chi connectivity index (χ4v) is 6.19. The third-order valence-electron chi connectivity index (χ3n) is 9.00. The number of nitrogens with zero attached hydrogens (tertiary/aromatic N) is 2. The monoisotopic (exact) mass is 765 g/mol. The third kappa shape index (κ3) is 13.8. The molecule has 5 amide bonds. The van der Waals surface area contributed by atoms with Crippen molar-refractivity contribution in [1.29, 1.82) is 0 Å². The second kappa shape index (κ2) is 19.7. The molecule has 56 heavy (non-hydrogen) atoms. The van der Waals surface area contributed by atoms with Crippen molar-refractivity contribution in [3.05, 3.63) is 120 Å². The molecule has 298 valence electrons. The summed E-state index contributed by atoms with van der Waals surface area (Å²) in [7, 11) is 0. The summed E-state index contributed by atoms with van der Waals surface area (Å²) in [4.78, 5) is 58.1. The van der Waals surface area contributed by atoms with Gasteiger partial charge >= 0.3 is 12.1 Å². The zero-order chi connectivity index (χ0) is 40.9. The van der Waals surface area contributed by atoms with Gasteiger partial charge < -0.3 is 30.9 Å². The van der Waals surface area contributed by atoms with Crippen LogP contribution in [0.5, 0.6) is 5.75 Å². The van der Waals surface area contributed by atoms with Crippen molar-refractivity contribution in [2.24, 2.45) is 10.8 Å². The summed E-state index contributed by atoms with van der Waals surface area (Å²) >= 11 is 0. The number of hydrogen-bond acceptors (Lipinski definition) is 7. The SMILES string of the molecule is CC(C)(C)CN(C(=O)O)C(=O)NC(Cc1ccc(-c2ccccn2)cc1)CC(O)C(Cc1ccccc1)NC(=O)C(NC(=O)COc1ccccc1)C(C)(C)C. The Balaban J connectivity index is 1.59. The summed E-state index contributed by atoms with van der Waals surface area (Å²) in [5.41, 5.74) is 2.14. The van der Waals surface area contributed by atoms with Crippen LogP contribution in [-0.4, -0.2) is 81.4 Å². The van der Waals surface area contributed by atoms with Gasteiger partial charge in [-0.2, -0.15) is 0 Å². The highest BCUT2D eigenvalue weighted by Gasteiger charge is 2.36. The lowest BCUT2D eigenvalue weighted by atomic mass is 9.85. The van der Waals surface area contributed by atoms with E-state index in [4.69, 9.17) is 4.74 Å². The van der Waals surface area contributed by atoms with Crippen LogP contribution in [0.1, 0.15) is 59.1 Å². The molecule has 4 atom stereocenters. The van der Waals surface area contributed by atoms with Gasteiger partial charge in [-0.1, -0.05) is 120 Å². The fourth-order valence-electron chi connectivity index (χ4n) is 6.19. The normalized spacial score (nSPS) is 13.7. The lowest BCUT2D eigenvalue weighted by molar-refractivity contribution is -0.133. The molecule has 4 unspecified atom stereocenters. The van der Waals surface area contributed by atoms with E-state index in [1.165, 1.54) is 0 Å². The molecular weight excluding hydrogens is 711 g/mol. The van der Waals surface area contributed by atoms with Gasteiger partial charge in [0.2, 0.25) is 5.91 Å². The number of carbonyl (C=O) groups excluding carboxylic acids is 3. The molecular formula is C44H55N5O7. The average molecular weight is 766 g/mol. The lowest BCUT2D eigenvalue weighted by Gasteiger charge is -2.34. The van der Waals surface area contributed by atoms with Gasteiger partial charge in [0, 0.05) is 24.3 Å². The highest BCUT2D eigenvalue weighted by atomic mass is 16.5. The van der Waals surface area contributed by atoms with Crippen LogP contribution in [0.2, 0.25) is 0 Å². The molecule has 4 aromatic rings. The Kier molecular flexibility index (Phi) is 15.1. The van der Waals surface area contributed by atoms with Crippen molar-refractivity contribution in [3.8, 4) is 17.0 Å². The number of urea groups is 1. The van der Waals surface area contributed by atoms with E-state index in [2.05, 4.69) is 20.9 Å². The molecule has 0 bridgehead atoms. The van der Waals surface area contributed by atoms with Crippen LogP contribution in [0, 0.1) is 10.8 Å². The minimum atomic E-state index is -1.39. The number of aromatic nitrogens is 1. The molecule has 0 saturated carbocycles. The number of ether oxygens (including phenoxy) is 1. The van der Waals surface area contributed by atoms with Gasteiger partial charge in [-0.15, -0.1) is 0 Å². The van der Waals surface area contributed by atoms with E-state index < -0.39 is 59.0 Å². The van der Waals surface area contributed by atoms with Gasteiger partial charge in [0.25, 0.3) is 5.91 Å². The van der Waals surface area contributed by atoms with Crippen molar-refractivity contribution < 1.29 is 34.1 Å². The van der Waals surface area contributed by atoms with E-state index in [0.717, 1.165) is 27.3 Å². The largest absolute Gasteiger partial charge is 0.484 e. The first kappa shape index (κ1) is 43.0. The van der Waals surface area contributed by atoms with E-state index in [9.17, 15) is 29.4 Å². The Morgan fingerprint density at radius 3 is 1.93 bits per heavy atom. The first-order chi connectivity index (χ1) is 26.5. The summed E-state index contributed by atoms with van der Waals surface area (Å²) in [6.07, 6.45) is -0.439. The molecule has 0 aliphatic heterocycles. The summed E-state index contributed by atoms with van der Waals surface area (Å²) in [5, 5.41) is 30.6. The maximum absolute atomic E-state index is 14.1. The molecule has 3 aromatic carbocycles. The number of imide groups is 1. The minimum Gasteiger partial charge on any atom is -0.484 e. The molecule has 4 rings (SSSR count). The smallest absolute Gasteiger partial charge is 0.415 e. The van der Waals surface area contributed by atoms with Gasteiger partial charge in [0.15, 0.2) is 6.61 Å². The fraction of sp³-hybridized carbons (Fsp3) is 0.386. The molecule has 0 saturated heterocycles. The van der Waals surface area contributed by atoms with Crippen LogP contribution in [-0.2, 0) is 22.4 Å². The summed E-state index contributed by atoms with van der Waals surface area (Å²) in [6, 6.07) is 28.1. The summed E-state index contributed by atoms with van der Waals surface area (Å²) in [5.74, 6) is -0.473. The zero-order valence-electron chi connectivity index (χ0n) is 33.1. The van der Waals surface area contributed by atoms with Crippen molar-refractivity contribution in [3.63, 3.8) is 0 Å². The number of aliphatic hydroxyl groups is 1. The van der Waals surface area contributed by atoms with Gasteiger partial charge in [-0.3, -0.25) is 14.6 Å². The predicted octanol–water partition coefficient (Wildman–Crippen LogP) is 6.48. The van der Waals surface area contributed by atoms with Crippen molar-refractivity contribution in [1.82, 2.24) is 25.8 Å². The molecule has 0 radical (unpaired) electrons. The van der Waals surface area contributed by atoms with E-state index >= 15 is 0 Å². The van der Waals surface area contributed by atoms with Gasteiger partial charge in [0.05, 0.1) is 17.8 Å². The maximum atomic E-state index is 14.1.